The van der Waals surface area contributed by atoms with E-state index in [0.717, 1.165) is 15.6 Å². The highest BCUT2D eigenvalue weighted by atomic mass is 79.9. The molecule has 0 atom stereocenters. The van der Waals surface area contributed by atoms with Gasteiger partial charge in [-0.1, -0.05) is 0 Å². The molecule has 15 heavy (non-hydrogen) atoms. The second kappa shape index (κ2) is 5.04. The number of hydrogen-bond acceptors (Lipinski definition) is 3. The first-order valence-electron chi connectivity index (χ1n) is 4.42. The topological polar surface area (TPSA) is 42.2 Å². The van der Waals surface area contributed by atoms with E-state index in [2.05, 4.69) is 22.0 Å². The van der Waals surface area contributed by atoms with E-state index < -0.39 is 0 Å². The molecule has 80 valence electrons. The van der Waals surface area contributed by atoms with E-state index in [1.807, 2.05) is 13.0 Å². The van der Waals surface area contributed by atoms with Gasteiger partial charge in [0, 0.05) is 0 Å². The molecule has 1 rings (SSSR count). The van der Waals surface area contributed by atoms with E-state index >= 15 is 0 Å². The number of nitriles is 1. The maximum absolute atomic E-state index is 8.72. The van der Waals surface area contributed by atoms with Crippen LogP contribution in [0.1, 0.15) is 11.1 Å². The summed E-state index contributed by atoms with van der Waals surface area (Å²) in [5.74, 6) is 1.30. The Morgan fingerprint density at radius 1 is 1.40 bits per heavy atom. The monoisotopic (exact) mass is 269 g/mol. The molecule has 3 nitrogen and oxygen atoms in total. The van der Waals surface area contributed by atoms with Crippen molar-refractivity contribution in [1.29, 1.82) is 5.26 Å². The first-order valence-corrected chi connectivity index (χ1v) is 5.21. The largest absolute Gasteiger partial charge is 0.493 e. The van der Waals surface area contributed by atoms with Gasteiger partial charge in [-0.05, 0) is 40.0 Å². The summed E-state index contributed by atoms with van der Waals surface area (Å²) in [6.07, 6.45) is 0.354. The molecule has 0 saturated carbocycles. The lowest BCUT2D eigenvalue weighted by Gasteiger charge is -2.14. The highest BCUT2D eigenvalue weighted by Gasteiger charge is 2.15. The molecule has 0 unspecified atom stereocenters. The molecule has 0 saturated heterocycles. The molecule has 0 radical (unpaired) electrons. The third-order valence-corrected chi connectivity index (χ3v) is 3.03. The third kappa shape index (κ3) is 2.24. The van der Waals surface area contributed by atoms with Crippen molar-refractivity contribution in [2.45, 2.75) is 13.3 Å². The second-order valence-corrected chi connectivity index (χ2v) is 3.85. The van der Waals surface area contributed by atoms with Gasteiger partial charge < -0.3 is 9.47 Å². The summed E-state index contributed by atoms with van der Waals surface area (Å²) < 4.78 is 11.2. The minimum absolute atomic E-state index is 0.354. The number of rotatable bonds is 3. The number of aryl methyl sites for hydroxylation is 1. The lowest BCUT2D eigenvalue weighted by Crippen LogP contribution is -1.97. The number of hydrogen-bond donors (Lipinski definition) is 0. The van der Waals surface area contributed by atoms with E-state index in [1.54, 1.807) is 14.2 Å². The fourth-order valence-electron chi connectivity index (χ4n) is 1.41. The Bertz CT molecular complexity index is 410. The number of halogens is 1. The molecule has 0 aliphatic rings. The van der Waals surface area contributed by atoms with Crippen molar-refractivity contribution >= 4 is 15.9 Å². The molecule has 0 spiro atoms. The molecule has 1 aromatic carbocycles. The van der Waals surface area contributed by atoms with Crippen LogP contribution in [0.3, 0.4) is 0 Å². The van der Waals surface area contributed by atoms with Gasteiger partial charge in [0.1, 0.15) is 0 Å². The molecule has 4 heteroatoms. The van der Waals surface area contributed by atoms with Gasteiger partial charge >= 0.3 is 0 Å². The van der Waals surface area contributed by atoms with E-state index in [-0.39, 0.29) is 0 Å². The molecule has 1 aromatic rings. The van der Waals surface area contributed by atoms with Crippen LogP contribution in [0.4, 0.5) is 0 Å². The van der Waals surface area contributed by atoms with E-state index in [9.17, 15) is 0 Å². The highest BCUT2D eigenvalue weighted by Crippen LogP contribution is 2.39. The summed E-state index contributed by atoms with van der Waals surface area (Å²) in [5.41, 5.74) is 1.95. The Kier molecular flexibility index (Phi) is 3.98. The first-order chi connectivity index (χ1) is 7.15. The Morgan fingerprint density at radius 3 is 2.53 bits per heavy atom. The van der Waals surface area contributed by atoms with Gasteiger partial charge in [0.2, 0.25) is 0 Å². The number of methoxy groups -OCH3 is 2. The molecule has 0 fully saturated rings. The maximum Gasteiger partial charge on any atom is 0.175 e. The van der Waals surface area contributed by atoms with Crippen molar-refractivity contribution in [2.24, 2.45) is 0 Å². The predicted molar refractivity (Wildman–Crippen MR) is 61.3 cm³/mol. The zero-order chi connectivity index (χ0) is 11.4. The van der Waals surface area contributed by atoms with Crippen LogP contribution >= 0.6 is 15.9 Å². The maximum atomic E-state index is 8.72. The van der Waals surface area contributed by atoms with Crippen LogP contribution in [0.5, 0.6) is 11.5 Å². The van der Waals surface area contributed by atoms with Gasteiger partial charge in [-0.25, -0.2) is 0 Å². The van der Waals surface area contributed by atoms with Crippen molar-refractivity contribution in [3.63, 3.8) is 0 Å². The SMILES string of the molecule is COc1cc(C)c(CC#N)c(Br)c1OC. The molecule has 0 aromatic heterocycles. The molecule has 0 aliphatic carbocycles. The van der Waals surface area contributed by atoms with E-state index in [1.165, 1.54) is 0 Å². The Hall–Kier alpha value is -1.21. The predicted octanol–water partition coefficient (Wildman–Crippen LogP) is 2.84. The average molecular weight is 270 g/mol. The lowest BCUT2D eigenvalue weighted by atomic mass is 10.1. The van der Waals surface area contributed by atoms with Crippen molar-refractivity contribution in [2.75, 3.05) is 14.2 Å². The van der Waals surface area contributed by atoms with Crippen LogP contribution in [0.15, 0.2) is 10.5 Å². The zero-order valence-corrected chi connectivity index (χ0v) is 10.5. The van der Waals surface area contributed by atoms with Crippen LogP contribution in [-0.4, -0.2) is 14.2 Å². The highest BCUT2D eigenvalue weighted by molar-refractivity contribution is 9.10. The summed E-state index contributed by atoms with van der Waals surface area (Å²) in [4.78, 5) is 0. The Morgan fingerprint density at radius 2 is 2.07 bits per heavy atom. The summed E-state index contributed by atoms with van der Waals surface area (Å²) in [6, 6.07) is 4.00. The van der Waals surface area contributed by atoms with Gasteiger partial charge in [0.05, 0.1) is 31.2 Å². The fraction of sp³-hybridized carbons (Fsp3) is 0.364. The lowest BCUT2D eigenvalue weighted by molar-refractivity contribution is 0.352. The quantitative estimate of drug-likeness (QED) is 0.848. The molecular weight excluding hydrogens is 258 g/mol. The van der Waals surface area contributed by atoms with E-state index in [0.29, 0.717) is 17.9 Å². The Labute approximate surface area is 97.7 Å². The van der Waals surface area contributed by atoms with Crippen LogP contribution in [0.25, 0.3) is 0 Å². The number of benzene rings is 1. The summed E-state index contributed by atoms with van der Waals surface area (Å²) in [6.45, 7) is 1.94. The third-order valence-electron chi connectivity index (χ3n) is 2.19. The summed E-state index contributed by atoms with van der Waals surface area (Å²) >= 11 is 3.43. The van der Waals surface area contributed by atoms with Crippen LogP contribution in [-0.2, 0) is 6.42 Å². The van der Waals surface area contributed by atoms with E-state index in [4.69, 9.17) is 14.7 Å². The summed E-state index contributed by atoms with van der Waals surface area (Å²) in [5, 5.41) is 8.72. The van der Waals surface area contributed by atoms with Gasteiger partial charge in [-0.15, -0.1) is 0 Å². The van der Waals surface area contributed by atoms with Gasteiger partial charge in [-0.2, -0.15) is 5.26 Å². The molecule has 0 amide bonds. The molecule has 0 bridgehead atoms. The average Bonchev–Trinajstić information content (AvgIpc) is 2.23. The standard InChI is InChI=1S/C11H12BrNO2/c1-7-6-9(14-2)11(15-3)10(12)8(7)4-5-13/h6H,4H2,1-3H3. The van der Waals surface area contributed by atoms with Crippen molar-refractivity contribution in [1.82, 2.24) is 0 Å². The van der Waals surface area contributed by atoms with Crippen LogP contribution < -0.4 is 9.47 Å². The number of ether oxygens (including phenoxy) is 2. The second-order valence-electron chi connectivity index (χ2n) is 3.06. The van der Waals surface area contributed by atoms with Crippen molar-refractivity contribution < 1.29 is 9.47 Å². The number of nitrogens with zero attached hydrogens (tertiary/aromatic N) is 1. The van der Waals surface area contributed by atoms with Crippen LogP contribution in [0, 0.1) is 18.3 Å². The van der Waals surface area contributed by atoms with Crippen molar-refractivity contribution in [3.05, 3.63) is 21.7 Å². The molecule has 0 aliphatic heterocycles. The molecule has 0 heterocycles. The van der Waals surface area contributed by atoms with Gasteiger partial charge in [-0.3, -0.25) is 0 Å². The minimum atomic E-state index is 0.354. The van der Waals surface area contributed by atoms with Crippen molar-refractivity contribution in [3.8, 4) is 17.6 Å². The minimum Gasteiger partial charge on any atom is -0.493 e. The molecular formula is C11H12BrNO2. The summed E-state index contributed by atoms with van der Waals surface area (Å²) in [7, 11) is 3.17. The molecule has 0 N–H and O–H groups in total. The zero-order valence-electron chi connectivity index (χ0n) is 8.93. The first kappa shape index (κ1) is 11.9. The normalized spacial score (nSPS) is 9.53. The fourth-order valence-corrected chi connectivity index (χ4v) is 2.22. The van der Waals surface area contributed by atoms with Gasteiger partial charge in [0.25, 0.3) is 0 Å². The van der Waals surface area contributed by atoms with Crippen LogP contribution in [0.2, 0.25) is 0 Å². The van der Waals surface area contributed by atoms with Gasteiger partial charge in [0.15, 0.2) is 11.5 Å². The smallest absolute Gasteiger partial charge is 0.175 e. The Balaban J connectivity index is 3.39.